The van der Waals surface area contributed by atoms with Crippen LogP contribution < -0.4 is 11.1 Å². The van der Waals surface area contributed by atoms with E-state index in [4.69, 9.17) is 5.73 Å². The summed E-state index contributed by atoms with van der Waals surface area (Å²) in [5.41, 5.74) is 9.47. The Morgan fingerprint density at radius 2 is 2.00 bits per heavy atom. The molecule has 0 unspecified atom stereocenters. The number of aromatic nitrogens is 1. The number of aromatic amines is 1. The van der Waals surface area contributed by atoms with Crippen LogP contribution in [0.2, 0.25) is 0 Å². The van der Waals surface area contributed by atoms with Gasteiger partial charge in [-0.2, -0.15) is 0 Å². The first-order valence-electron chi connectivity index (χ1n) is 6.05. The third-order valence-electron chi connectivity index (χ3n) is 3.28. The highest BCUT2D eigenvalue weighted by molar-refractivity contribution is 5.84. The van der Waals surface area contributed by atoms with E-state index in [1.54, 1.807) is 0 Å². The molecule has 1 aromatic carbocycles. The monoisotopic (exact) mass is 231 g/mol. The number of H-pyrrole nitrogens is 1. The number of rotatable bonds is 4. The number of benzene rings is 1. The fourth-order valence-corrected chi connectivity index (χ4v) is 1.96. The summed E-state index contributed by atoms with van der Waals surface area (Å²) in [6.07, 6.45) is 0. The zero-order chi connectivity index (χ0) is 12.5. The van der Waals surface area contributed by atoms with E-state index in [9.17, 15) is 0 Å². The second kappa shape index (κ2) is 4.51. The number of hydrogen-bond donors (Lipinski definition) is 3. The van der Waals surface area contributed by atoms with Gasteiger partial charge in [-0.1, -0.05) is 18.2 Å². The molecule has 2 rings (SSSR count). The Morgan fingerprint density at radius 1 is 1.29 bits per heavy atom. The van der Waals surface area contributed by atoms with E-state index in [2.05, 4.69) is 55.3 Å². The van der Waals surface area contributed by atoms with Crippen molar-refractivity contribution in [3.63, 3.8) is 0 Å². The summed E-state index contributed by atoms with van der Waals surface area (Å²) in [4.78, 5) is 3.41. The fraction of sp³-hybridized carbons (Fsp3) is 0.429. The van der Waals surface area contributed by atoms with Crippen LogP contribution in [0.15, 0.2) is 24.3 Å². The van der Waals surface area contributed by atoms with Gasteiger partial charge in [0.05, 0.1) is 0 Å². The van der Waals surface area contributed by atoms with Crippen molar-refractivity contribution < 1.29 is 0 Å². The van der Waals surface area contributed by atoms with E-state index in [0.29, 0.717) is 6.54 Å². The molecule has 0 amide bonds. The number of nitrogens with two attached hydrogens (primary N) is 1. The van der Waals surface area contributed by atoms with Gasteiger partial charge >= 0.3 is 0 Å². The van der Waals surface area contributed by atoms with Crippen molar-refractivity contribution in [3.05, 3.63) is 35.5 Å². The first-order valence-corrected chi connectivity index (χ1v) is 6.05. The highest BCUT2D eigenvalue weighted by Gasteiger charge is 2.16. The van der Waals surface area contributed by atoms with Gasteiger partial charge in [-0.05, 0) is 32.4 Å². The normalized spacial score (nSPS) is 12.2. The number of para-hydroxylation sites is 1. The van der Waals surface area contributed by atoms with E-state index >= 15 is 0 Å². The van der Waals surface area contributed by atoms with Crippen molar-refractivity contribution in [2.75, 3.05) is 6.54 Å². The standard InChI is InChI=1S/C14H21N3/c1-10-12(8-16-14(2,3)9-15)11-6-4-5-7-13(11)17-10/h4-7,16-17H,8-9,15H2,1-3H3. The molecule has 0 spiro atoms. The molecule has 4 N–H and O–H groups in total. The zero-order valence-corrected chi connectivity index (χ0v) is 10.8. The summed E-state index contributed by atoms with van der Waals surface area (Å²) in [7, 11) is 0. The van der Waals surface area contributed by atoms with Crippen molar-refractivity contribution in [1.29, 1.82) is 0 Å². The van der Waals surface area contributed by atoms with Gasteiger partial charge in [-0.3, -0.25) is 0 Å². The van der Waals surface area contributed by atoms with Crippen LogP contribution in [0.1, 0.15) is 25.1 Å². The molecule has 17 heavy (non-hydrogen) atoms. The second-order valence-corrected chi connectivity index (χ2v) is 5.22. The molecule has 0 aliphatic carbocycles. The van der Waals surface area contributed by atoms with Crippen molar-refractivity contribution in [1.82, 2.24) is 10.3 Å². The van der Waals surface area contributed by atoms with E-state index in [1.165, 1.54) is 22.2 Å². The predicted molar refractivity (Wildman–Crippen MR) is 73.0 cm³/mol. The van der Waals surface area contributed by atoms with Crippen LogP contribution in [0.5, 0.6) is 0 Å². The molecular formula is C14H21N3. The van der Waals surface area contributed by atoms with Gasteiger partial charge in [-0.25, -0.2) is 0 Å². The first-order chi connectivity index (χ1) is 8.03. The molecule has 0 saturated heterocycles. The van der Waals surface area contributed by atoms with Gasteiger partial charge in [0.15, 0.2) is 0 Å². The summed E-state index contributed by atoms with van der Waals surface area (Å²) in [5, 5.41) is 4.80. The van der Waals surface area contributed by atoms with Crippen molar-refractivity contribution in [2.24, 2.45) is 5.73 Å². The van der Waals surface area contributed by atoms with Gasteiger partial charge in [0.25, 0.3) is 0 Å². The highest BCUT2D eigenvalue weighted by Crippen LogP contribution is 2.22. The summed E-state index contributed by atoms with van der Waals surface area (Å²) in [5.74, 6) is 0. The molecule has 2 aromatic rings. The van der Waals surface area contributed by atoms with E-state index < -0.39 is 0 Å². The van der Waals surface area contributed by atoms with E-state index in [-0.39, 0.29) is 5.54 Å². The van der Waals surface area contributed by atoms with Crippen molar-refractivity contribution in [2.45, 2.75) is 32.9 Å². The summed E-state index contributed by atoms with van der Waals surface area (Å²) < 4.78 is 0. The Balaban J connectivity index is 2.27. The molecule has 3 heteroatoms. The molecule has 92 valence electrons. The van der Waals surface area contributed by atoms with E-state index in [0.717, 1.165) is 6.54 Å². The third kappa shape index (κ3) is 2.51. The Kier molecular flexibility index (Phi) is 3.22. The molecule has 1 aromatic heterocycles. The predicted octanol–water partition coefficient (Wildman–Crippen LogP) is 2.30. The Labute approximate surface area is 102 Å². The Bertz CT molecular complexity index is 511. The van der Waals surface area contributed by atoms with Crippen LogP contribution in [-0.2, 0) is 6.54 Å². The second-order valence-electron chi connectivity index (χ2n) is 5.22. The van der Waals surface area contributed by atoms with Crippen LogP contribution >= 0.6 is 0 Å². The largest absolute Gasteiger partial charge is 0.358 e. The summed E-state index contributed by atoms with van der Waals surface area (Å²) >= 11 is 0. The van der Waals surface area contributed by atoms with Gasteiger partial charge < -0.3 is 16.0 Å². The van der Waals surface area contributed by atoms with E-state index in [1.807, 2.05) is 0 Å². The Hall–Kier alpha value is -1.32. The lowest BCUT2D eigenvalue weighted by atomic mass is 10.0. The van der Waals surface area contributed by atoms with Crippen LogP contribution in [-0.4, -0.2) is 17.1 Å². The van der Waals surface area contributed by atoms with Gasteiger partial charge in [0.1, 0.15) is 0 Å². The average Bonchev–Trinajstić information content (AvgIpc) is 2.62. The molecule has 0 aliphatic rings. The molecule has 3 nitrogen and oxygen atoms in total. The van der Waals surface area contributed by atoms with Crippen LogP contribution in [0.4, 0.5) is 0 Å². The molecule has 0 aliphatic heterocycles. The van der Waals surface area contributed by atoms with Crippen LogP contribution in [0.25, 0.3) is 10.9 Å². The lowest BCUT2D eigenvalue weighted by Crippen LogP contribution is -2.45. The minimum absolute atomic E-state index is 0.0230. The molecular weight excluding hydrogens is 210 g/mol. The summed E-state index contributed by atoms with van der Waals surface area (Å²) in [6, 6.07) is 8.40. The molecule has 0 fully saturated rings. The molecule has 0 atom stereocenters. The average molecular weight is 231 g/mol. The SMILES string of the molecule is Cc1[nH]c2ccccc2c1CNC(C)(C)CN. The topological polar surface area (TPSA) is 53.8 Å². The van der Waals surface area contributed by atoms with Gasteiger partial charge in [0.2, 0.25) is 0 Å². The zero-order valence-electron chi connectivity index (χ0n) is 10.8. The quantitative estimate of drug-likeness (QED) is 0.756. The molecule has 0 saturated carbocycles. The Morgan fingerprint density at radius 3 is 2.71 bits per heavy atom. The fourth-order valence-electron chi connectivity index (χ4n) is 1.96. The molecule has 0 radical (unpaired) electrons. The first kappa shape index (κ1) is 12.1. The number of aryl methyl sites for hydroxylation is 1. The van der Waals surface area contributed by atoms with Crippen LogP contribution in [0, 0.1) is 6.92 Å². The maximum atomic E-state index is 5.73. The highest BCUT2D eigenvalue weighted by atomic mass is 15.0. The maximum absolute atomic E-state index is 5.73. The molecule has 0 bridgehead atoms. The number of nitrogens with one attached hydrogen (secondary N) is 2. The minimum atomic E-state index is -0.0230. The maximum Gasteiger partial charge on any atom is 0.0459 e. The van der Waals surface area contributed by atoms with Crippen LogP contribution in [0.3, 0.4) is 0 Å². The minimum Gasteiger partial charge on any atom is -0.358 e. The number of fused-ring (bicyclic) bond motifs is 1. The summed E-state index contributed by atoms with van der Waals surface area (Å²) in [6.45, 7) is 7.84. The van der Waals surface area contributed by atoms with Crippen molar-refractivity contribution >= 4 is 10.9 Å². The smallest absolute Gasteiger partial charge is 0.0459 e. The van der Waals surface area contributed by atoms with Gasteiger partial charge in [0, 0.05) is 35.2 Å². The molecule has 1 heterocycles. The lowest BCUT2D eigenvalue weighted by Gasteiger charge is -2.24. The number of hydrogen-bond acceptors (Lipinski definition) is 2. The lowest BCUT2D eigenvalue weighted by molar-refractivity contribution is 0.397. The van der Waals surface area contributed by atoms with Crippen molar-refractivity contribution in [3.8, 4) is 0 Å². The van der Waals surface area contributed by atoms with Gasteiger partial charge in [-0.15, -0.1) is 0 Å². The third-order valence-corrected chi connectivity index (χ3v) is 3.28.